The fourth-order valence-electron chi connectivity index (χ4n) is 4.94. The molecule has 0 amide bonds. The number of fused-ring (bicyclic) bond motifs is 1. The summed E-state index contributed by atoms with van der Waals surface area (Å²) in [5.41, 5.74) is 0. The Morgan fingerprint density at radius 2 is 1.65 bits per heavy atom. The second-order valence-corrected chi connectivity index (χ2v) is 11.0. The molecule has 2 fully saturated rings. The molecule has 0 radical (unpaired) electrons. The second-order valence-electron chi connectivity index (χ2n) is 7.14. The molecule has 0 aromatic rings. The quantitative estimate of drug-likeness (QED) is 0.525. The first-order valence-electron chi connectivity index (χ1n) is 9.11. The van der Waals surface area contributed by atoms with Crippen molar-refractivity contribution in [2.75, 3.05) is 40.5 Å². The van der Waals surface area contributed by atoms with Crippen molar-refractivity contribution < 1.29 is 9.47 Å². The van der Waals surface area contributed by atoms with E-state index in [1.165, 1.54) is 25.7 Å². The molecule has 6 heteroatoms. The Hall–Kier alpha value is -0.185. The van der Waals surface area contributed by atoms with Crippen molar-refractivity contribution in [3.63, 3.8) is 0 Å². The molecule has 2 aliphatic carbocycles. The summed E-state index contributed by atoms with van der Waals surface area (Å²) in [4.78, 5) is 0. The molecule has 130 valence electrons. The molecular formula is C17H32BN2O2P. The normalized spacial score (nSPS) is 32.0. The number of methoxy groups -OCH3 is 2. The van der Waals surface area contributed by atoms with E-state index in [1.807, 2.05) is 14.2 Å². The average molecular weight is 338 g/mol. The van der Waals surface area contributed by atoms with Crippen LogP contribution < -0.4 is 0 Å². The van der Waals surface area contributed by atoms with Gasteiger partial charge in [0.15, 0.2) is 0 Å². The fraction of sp³-hybridized carbons (Fsp3) is 0.765. The molecule has 3 rings (SSSR count). The molecule has 0 N–H and O–H groups in total. The van der Waals surface area contributed by atoms with Crippen LogP contribution in [0.3, 0.4) is 0 Å². The van der Waals surface area contributed by atoms with Gasteiger partial charge < -0.3 is 0 Å². The molecule has 0 bridgehead atoms. The SMILES string of the molecule is B[PH]1(C2=CC=CC2)N(CCOC)C2CCCCC2N1CCOC. The molecule has 2 atom stereocenters. The monoisotopic (exact) mass is 338 g/mol. The molecule has 23 heavy (non-hydrogen) atoms. The van der Waals surface area contributed by atoms with Gasteiger partial charge in [0.1, 0.15) is 0 Å². The first-order chi connectivity index (χ1) is 11.2. The molecule has 1 aliphatic heterocycles. The second kappa shape index (κ2) is 7.80. The van der Waals surface area contributed by atoms with Crippen molar-refractivity contribution >= 4 is 15.0 Å². The van der Waals surface area contributed by atoms with Crippen LogP contribution in [0.5, 0.6) is 0 Å². The molecule has 1 saturated carbocycles. The van der Waals surface area contributed by atoms with Crippen molar-refractivity contribution in [3.8, 4) is 0 Å². The van der Waals surface area contributed by atoms with Crippen LogP contribution in [0.25, 0.3) is 0 Å². The number of ether oxygens (including phenoxy) is 2. The molecule has 2 unspecified atom stereocenters. The number of hydrogen-bond donors (Lipinski definition) is 0. The summed E-state index contributed by atoms with van der Waals surface area (Å²) in [7, 11) is 4.41. The maximum atomic E-state index is 5.46. The van der Waals surface area contributed by atoms with Gasteiger partial charge in [0.05, 0.1) is 0 Å². The molecule has 1 saturated heterocycles. The summed E-state index contributed by atoms with van der Waals surface area (Å²) in [5.74, 6) is 0. The number of hydrogen-bond acceptors (Lipinski definition) is 4. The number of rotatable bonds is 7. The van der Waals surface area contributed by atoms with Crippen LogP contribution in [0, 0.1) is 0 Å². The van der Waals surface area contributed by atoms with E-state index in [2.05, 4.69) is 35.1 Å². The van der Waals surface area contributed by atoms with Gasteiger partial charge in [-0.15, -0.1) is 0 Å². The van der Waals surface area contributed by atoms with Gasteiger partial charge in [-0.3, -0.25) is 0 Å². The van der Waals surface area contributed by atoms with E-state index in [0.717, 1.165) is 32.7 Å². The summed E-state index contributed by atoms with van der Waals surface area (Å²) >= 11 is 0. The van der Waals surface area contributed by atoms with E-state index in [9.17, 15) is 0 Å². The van der Waals surface area contributed by atoms with Crippen LogP contribution in [0.4, 0.5) is 0 Å². The van der Waals surface area contributed by atoms with Crippen molar-refractivity contribution in [1.82, 2.24) is 9.34 Å². The fourth-order valence-corrected chi connectivity index (χ4v) is 9.87. The third-order valence-electron chi connectivity index (χ3n) is 6.07. The first-order valence-corrected chi connectivity index (χ1v) is 11.5. The van der Waals surface area contributed by atoms with Gasteiger partial charge in [0, 0.05) is 0 Å². The Labute approximate surface area is 142 Å². The van der Waals surface area contributed by atoms with Gasteiger partial charge in [-0.2, -0.15) is 0 Å². The molecule has 1 heterocycles. The molecule has 3 aliphatic rings. The summed E-state index contributed by atoms with van der Waals surface area (Å²) < 4.78 is 16.7. The first kappa shape index (κ1) is 17.6. The van der Waals surface area contributed by atoms with Gasteiger partial charge >= 0.3 is 142 Å². The van der Waals surface area contributed by atoms with Crippen LogP contribution in [-0.2, 0) is 9.47 Å². The van der Waals surface area contributed by atoms with E-state index < -0.39 is 7.44 Å². The van der Waals surface area contributed by atoms with Crippen molar-refractivity contribution in [2.24, 2.45) is 0 Å². The third-order valence-corrected chi connectivity index (χ3v) is 11.0. The van der Waals surface area contributed by atoms with Gasteiger partial charge in [-0.05, 0) is 0 Å². The Morgan fingerprint density at radius 1 is 1.09 bits per heavy atom. The minimum absolute atomic E-state index is 0.717. The molecule has 0 spiro atoms. The van der Waals surface area contributed by atoms with Crippen molar-refractivity contribution in [3.05, 3.63) is 23.5 Å². The standard InChI is InChI=1S/C17H32BN2O2P/c1-21-13-11-19-16-9-5-6-10-17(16)20(12-14-22-2)23(19,18)15-7-3-4-8-15/h3-4,7,16-17,23H,5-6,8-14,18H2,1-2H3. The van der Waals surface area contributed by atoms with Crippen LogP contribution in [-0.4, -0.2) is 69.5 Å². The van der Waals surface area contributed by atoms with E-state index in [1.54, 1.807) is 5.31 Å². The number of allylic oxidation sites excluding steroid dienone is 4. The van der Waals surface area contributed by atoms with Gasteiger partial charge in [-0.1, -0.05) is 0 Å². The maximum absolute atomic E-state index is 5.46. The Morgan fingerprint density at radius 3 is 2.09 bits per heavy atom. The molecule has 0 aromatic heterocycles. The zero-order valence-corrected chi connectivity index (χ0v) is 16.0. The predicted molar refractivity (Wildman–Crippen MR) is 102 cm³/mol. The van der Waals surface area contributed by atoms with Crippen molar-refractivity contribution in [2.45, 2.75) is 44.2 Å². The van der Waals surface area contributed by atoms with Gasteiger partial charge in [0.2, 0.25) is 0 Å². The third kappa shape index (κ3) is 3.19. The average Bonchev–Trinajstić information content (AvgIpc) is 3.18. The minimum atomic E-state index is -1.81. The van der Waals surface area contributed by atoms with Gasteiger partial charge in [-0.25, -0.2) is 0 Å². The molecular weight excluding hydrogens is 306 g/mol. The zero-order valence-electron chi connectivity index (χ0n) is 15.0. The Bertz CT molecular complexity index is 448. The summed E-state index contributed by atoms with van der Waals surface area (Å²) in [6.07, 6.45) is 13.5. The van der Waals surface area contributed by atoms with E-state index in [-0.39, 0.29) is 0 Å². The Kier molecular flexibility index (Phi) is 5.98. The van der Waals surface area contributed by atoms with Gasteiger partial charge in [0.25, 0.3) is 0 Å². The summed E-state index contributed by atoms with van der Waals surface area (Å²) in [6.45, 7) is 3.82. The van der Waals surface area contributed by atoms with E-state index in [0.29, 0.717) is 12.1 Å². The topological polar surface area (TPSA) is 24.9 Å². The number of nitrogens with zero attached hydrogens (tertiary/aromatic N) is 2. The molecule has 4 nitrogen and oxygen atoms in total. The van der Waals surface area contributed by atoms with Crippen molar-refractivity contribution in [1.29, 1.82) is 0 Å². The van der Waals surface area contributed by atoms with E-state index in [4.69, 9.17) is 9.47 Å². The van der Waals surface area contributed by atoms with E-state index >= 15 is 0 Å². The molecule has 0 aromatic carbocycles. The van der Waals surface area contributed by atoms with Crippen LogP contribution in [0.2, 0.25) is 0 Å². The van der Waals surface area contributed by atoms with Crippen LogP contribution in [0.15, 0.2) is 23.5 Å². The zero-order chi connectivity index (χ0) is 16.3. The summed E-state index contributed by atoms with van der Waals surface area (Å²) in [6, 6.07) is 1.43. The van der Waals surface area contributed by atoms with Crippen LogP contribution >= 0.6 is 7.44 Å². The summed E-state index contributed by atoms with van der Waals surface area (Å²) in [5, 5.41) is 1.67. The van der Waals surface area contributed by atoms with Crippen LogP contribution in [0.1, 0.15) is 32.1 Å². The Balaban J connectivity index is 1.93. The predicted octanol–water partition coefficient (Wildman–Crippen LogP) is 2.18.